The van der Waals surface area contributed by atoms with Gasteiger partial charge in [0.2, 0.25) is 0 Å². The third-order valence-electron chi connectivity index (χ3n) is 1.31. The van der Waals surface area contributed by atoms with Gasteiger partial charge in [-0.1, -0.05) is 35.4 Å². The molecule has 2 N–H and O–H groups in total. The van der Waals surface area contributed by atoms with Crippen molar-refractivity contribution in [2.75, 3.05) is 0 Å². The van der Waals surface area contributed by atoms with Crippen molar-refractivity contribution in [1.29, 1.82) is 0 Å². The van der Waals surface area contributed by atoms with Gasteiger partial charge in [0, 0.05) is 10.5 Å². The van der Waals surface area contributed by atoms with E-state index in [1.807, 2.05) is 13.8 Å². The second-order valence-electron chi connectivity index (χ2n) is 3.01. The zero-order chi connectivity index (χ0) is 11.1. The van der Waals surface area contributed by atoms with Crippen LogP contribution in [0.1, 0.15) is 26.7 Å². The molecule has 0 aromatic heterocycles. The van der Waals surface area contributed by atoms with E-state index in [1.54, 1.807) is 0 Å². The number of carboxylic acids is 2. The molecule has 6 heteroatoms. The molecule has 0 saturated heterocycles. The topological polar surface area (TPSA) is 74.6 Å². The van der Waals surface area contributed by atoms with Crippen LogP contribution in [0.3, 0.4) is 0 Å². The maximum Gasteiger partial charge on any atom is 0.304 e. The zero-order valence-corrected chi connectivity index (χ0v) is 9.73. The Morgan fingerprint density at radius 3 is 1.50 bits per heavy atom. The monoisotopic (exact) mass is 238 g/mol. The summed E-state index contributed by atoms with van der Waals surface area (Å²) in [5.74, 6) is -1.65. The maximum atomic E-state index is 10.3. The highest BCUT2D eigenvalue weighted by Gasteiger charge is 2.13. The third kappa shape index (κ3) is 8.25. The summed E-state index contributed by atoms with van der Waals surface area (Å²) in [6, 6.07) is 0. The Balaban J connectivity index is 3.60. The highest BCUT2D eigenvalue weighted by Crippen LogP contribution is 2.33. The van der Waals surface area contributed by atoms with E-state index in [-0.39, 0.29) is 23.3 Å². The number of carboxylic acid groups (broad SMARTS) is 2. The lowest BCUT2D eigenvalue weighted by Crippen LogP contribution is -2.07. The van der Waals surface area contributed by atoms with Crippen molar-refractivity contribution in [2.24, 2.45) is 0 Å². The van der Waals surface area contributed by atoms with Crippen molar-refractivity contribution < 1.29 is 19.8 Å². The molecule has 0 radical (unpaired) electrons. The normalized spacial score (nSPS) is 14.7. The van der Waals surface area contributed by atoms with E-state index in [1.165, 1.54) is 21.6 Å². The predicted molar refractivity (Wildman–Crippen MR) is 58.6 cm³/mol. The Bertz CT molecular complexity index is 186. The van der Waals surface area contributed by atoms with Gasteiger partial charge in [0.25, 0.3) is 0 Å². The lowest BCUT2D eigenvalue weighted by molar-refractivity contribution is -0.137. The number of carbonyl (C=O) groups is 2. The van der Waals surface area contributed by atoms with E-state index >= 15 is 0 Å². The van der Waals surface area contributed by atoms with Gasteiger partial charge in [-0.05, 0) is 0 Å². The number of aliphatic carboxylic acids is 2. The Kier molecular flexibility index (Phi) is 6.82. The zero-order valence-electron chi connectivity index (χ0n) is 8.10. The first-order chi connectivity index (χ1) is 6.41. The SMILES string of the molecule is C[C@H](CC(=O)O)SS[C@H](C)CC(=O)O. The molecule has 0 bridgehead atoms. The first kappa shape index (κ1) is 13.6. The van der Waals surface area contributed by atoms with Gasteiger partial charge >= 0.3 is 11.9 Å². The van der Waals surface area contributed by atoms with Crippen molar-refractivity contribution in [3.05, 3.63) is 0 Å². The Hall–Kier alpha value is -0.360. The molecule has 0 saturated carbocycles. The smallest absolute Gasteiger partial charge is 0.304 e. The van der Waals surface area contributed by atoms with Crippen LogP contribution >= 0.6 is 21.6 Å². The lowest BCUT2D eigenvalue weighted by Gasteiger charge is -2.11. The fraction of sp³-hybridized carbons (Fsp3) is 0.750. The van der Waals surface area contributed by atoms with Crippen LogP contribution in [0.4, 0.5) is 0 Å². The van der Waals surface area contributed by atoms with E-state index in [9.17, 15) is 9.59 Å². The summed E-state index contributed by atoms with van der Waals surface area (Å²) in [7, 11) is 2.85. The van der Waals surface area contributed by atoms with Crippen LogP contribution in [-0.4, -0.2) is 32.7 Å². The maximum absolute atomic E-state index is 10.3. The van der Waals surface area contributed by atoms with Crippen LogP contribution in [0.5, 0.6) is 0 Å². The molecular weight excluding hydrogens is 224 g/mol. The molecule has 0 amide bonds. The third-order valence-corrected chi connectivity index (χ3v) is 4.71. The van der Waals surface area contributed by atoms with Crippen LogP contribution in [0.25, 0.3) is 0 Å². The van der Waals surface area contributed by atoms with Crippen molar-refractivity contribution >= 4 is 33.5 Å². The van der Waals surface area contributed by atoms with Gasteiger partial charge in [0.15, 0.2) is 0 Å². The van der Waals surface area contributed by atoms with Crippen LogP contribution < -0.4 is 0 Å². The molecule has 0 fully saturated rings. The number of rotatable bonds is 7. The highest BCUT2D eigenvalue weighted by atomic mass is 33.1. The summed E-state index contributed by atoms with van der Waals surface area (Å²) in [5.41, 5.74) is 0. The Morgan fingerprint density at radius 2 is 1.29 bits per heavy atom. The first-order valence-electron chi connectivity index (χ1n) is 4.17. The van der Waals surface area contributed by atoms with Crippen LogP contribution in [0.2, 0.25) is 0 Å². The second-order valence-corrected chi connectivity index (χ2v) is 6.16. The number of hydrogen-bond donors (Lipinski definition) is 2. The molecule has 4 nitrogen and oxygen atoms in total. The highest BCUT2D eigenvalue weighted by molar-refractivity contribution is 8.77. The molecule has 14 heavy (non-hydrogen) atoms. The van der Waals surface area contributed by atoms with Gasteiger partial charge in [-0.15, -0.1) is 0 Å². The van der Waals surface area contributed by atoms with Crippen molar-refractivity contribution in [3.63, 3.8) is 0 Å². The molecule has 0 heterocycles. The standard InChI is InChI=1S/C8H14O4S2/c1-5(3-7(9)10)13-14-6(2)4-8(11)12/h5-6H,3-4H2,1-2H3,(H,9,10)(H,11,12)/t5-,6-/m1/s1. The first-order valence-corrected chi connectivity index (χ1v) is 6.45. The van der Waals surface area contributed by atoms with Crippen molar-refractivity contribution in [2.45, 2.75) is 37.2 Å². The molecule has 0 aromatic rings. The lowest BCUT2D eigenvalue weighted by atomic mass is 10.3. The molecule has 0 aliphatic rings. The van der Waals surface area contributed by atoms with Gasteiger partial charge in [0.1, 0.15) is 0 Å². The van der Waals surface area contributed by atoms with Crippen LogP contribution in [-0.2, 0) is 9.59 Å². The van der Waals surface area contributed by atoms with E-state index in [4.69, 9.17) is 10.2 Å². The molecule has 82 valence electrons. The minimum absolute atomic E-state index is 0.00810. The van der Waals surface area contributed by atoms with Gasteiger partial charge in [-0.25, -0.2) is 0 Å². The molecule has 0 rings (SSSR count). The summed E-state index contributed by atoms with van der Waals surface area (Å²) in [6.07, 6.45) is 0.217. The summed E-state index contributed by atoms with van der Waals surface area (Å²) < 4.78 is 0. The minimum atomic E-state index is -0.823. The van der Waals surface area contributed by atoms with Crippen LogP contribution in [0, 0.1) is 0 Å². The average Bonchev–Trinajstić information content (AvgIpc) is 1.98. The quantitative estimate of drug-likeness (QED) is 0.662. The summed E-state index contributed by atoms with van der Waals surface area (Å²) in [6.45, 7) is 3.64. The van der Waals surface area contributed by atoms with Gasteiger partial charge in [-0.2, -0.15) is 0 Å². The fourth-order valence-electron chi connectivity index (χ4n) is 0.750. The molecule has 0 aliphatic heterocycles. The van der Waals surface area contributed by atoms with Gasteiger partial charge in [0.05, 0.1) is 12.8 Å². The fourth-order valence-corrected chi connectivity index (χ4v) is 3.10. The predicted octanol–water partition coefficient (Wildman–Crippen LogP) is 2.09. The van der Waals surface area contributed by atoms with Gasteiger partial charge < -0.3 is 10.2 Å². The summed E-state index contributed by atoms with van der Waals surface area (Å²) in [5, 5.41) is 17.0. The summed E-state index contributed by atoms with van der Waals surface area (Å²) >= 11 is 0. The molecule has 0 aliphatic carbocycles. The van der Waals surface area contributed by atoms with E-state index < -0.39 is 11.9 Å². The molecule has 0 unspecified atom stereocenters. The van der Waals surface area contributed by atoms with Crippen LogP contribution in [0.15, 0.2) is 0 Å². The largest absolute Gasteiger partial charge is 0.481 e. The average molecular weight is 238 g/mol. The molecule has 0 aromatic carbocycles. The Morgan fingerprint density at radius 1 is 1.00 bits per heavy atom. The minimum Gasteiger partial charge on any atom is -0.481 e. The second kappa shape index (κ2) is 7.00. The summed E-state index contributed by atoms with van der Waals surface area (Å²) in [4.78, 5) is 20.6. The molecular formula is C8H14O4S2. The Labute approximate surface area is 90.9 Å². The van der Waals surface area contributed by atoms with Crippen molar-refractivity contribution in [1.82, 2.24) is 0 Å². The molecule has 0 spiro atoms. The molecule has 2 atom stereocenters. The van der Waals surface area contributed by atoms with Gasteiger partial charge in [-0.3, -0.25) is 9.59 Å². The number of hydrogen-bond acceptors (Lipinski definition) is 4. The van der Waals surface area contributed by atoms with E-state index in [2.05, 4.69) is 0 Å². The van der Waals surface area contributed by atoms with E-state index in [0.29, 0.717) is 0 Å². The van der Waals surface area contributed by atoms with E-state index in [0.717, 1.165) is 0 Å². The van der Waals surface area contributed by atoms with Crippen molar-refractivity contribution in [3.8, 4) is 0 Å².